The van der Waals surface area contributed by atoms with E-state index in [1.807, 2.05) is 0 Å². The van der Waals surface area contributed by atoms with Crippen LogP contribution in [0.1, 0.15) is 132 Å². The first-order valence-electron chi connectivity index (χ1n) is 17.9. The van der Waals surface area contributed by atoms with Crippen LogP contribution in [0.2, 0.25) is 0 Å². The van der Waals surface area contributed by atoms with Gasteiger partial charge in [-0.15, -0.1) is 0 Å². The van der Waals surface area contributed by atoms with Gasteiger partial charge < -0.3 is 36.2 Å². The molecule has 0 bridgehead atoms. The average molecular weight is 710 g/mol. The van der Waals surface area contributed by atoms with Crippen LogP contribution in [0.4, 0.5) is 4.39 Å². The predicted molar refractivity (Wildman–Crippen MR) is 188 cm³/mol. The molecule has 3 amide bonds. The summed E-state index contributed by atoms with van der Waals surface area (Å²) in [7, 11) is -1.92. The number of hydrogen-bond acceptors (Lipinski definition) is 9. The highest BCUT2D eigenvalue weighted by Crippen LogP contribution is 2.13. The van der Waals surface area contributed by atoms with Crippen molar-refractivity contribution in [1.82, 2.24) is 21.4 Å². The first-order valence-corrected chi connectivity index (χ1v) is 17.9. The molecule has 50 heavy (non-hydrogen) atoms. The van der Waals surface area contributed by atoms with Gasteiger partial charge in [-0.2, -0.15) is 0 Å². The summed E-state index contributed by atoms with van der Waals surface area (Å²) in [6.45, 7) is 0.827. The maximum Gasteiger partial charge on any atom is 0.491 e. The fraction of sp³-hybridized carbons (Fsp3) is 0.676. The van der Waals surface area contributed by atoms with Gasteiger partial charge in [0.15, 0.2) is 0 Å². The van der Waals surface area contributed by atoms with E-state index < -0.39 is 42.9 Å². The summed E-state index contributed by atoms with van der Waals surface area (Å²) < 4.78 is 13.8. The van der Waals surface area contributed by atoms with Crippen LogP contribution in [0, 0.1) is 5.82 Å². The molecule has 1 rings (SSSR count). The molecule has 0 saturated heterocycles. The second kappa shape index (κ2) is 27.2. The van der Waals surface area contributed by atoms with Crippen molar-refractivity contribution < 1.29 is 48.6 Å². The van der Waals surface area contributed by atoms with Gasteiger partial charge >= 0.3 is 19.1 Å². The Balaban J connectivity index is 1.98. The molecular formula is C34H57BFN5O9. The first kappa shape index (κ1) is 44.4. The van der Waals surface area contributed by atoms with Crippen LogP contribution >= 0.6 is 0 Å². The highest BCUT2D eigenvalue weighted by Gasteiger charge is 2.21. The lowest BCUT2D eigenvalue weighted by molar-refractivity contribution is -0.142. The van der Waals surface area contributed by atoms with Gasteiger partial charge in [-0.1, -0.05) is 76.7 Å². The summed E-state index contributed by atoms with van der Waals surface area (Å²) in [5, 5.41) is 44.4. The molecule has 0 unspecified atom stereocenters. The van der Waals surface area contributed by atoms with Gasteiger partial charge in [0.25, 0.3) is 5.91 Å². The molecule has 2 atom stereocenters. The molecule has 0 aliphatic carbocycles. The Morgan fingerprint density at radius 3 is 1.70 bits per heavy atom. The number of unbranched alkanes of at least 4 members (excludes halogenated alkanes) is 13. The van der Waals surface area contributed by atoms with Crippen LogP contribution in [-0.4, -0.2) is 82.2 Å². The molecule has 10 N–H and O–H groups in total. The standard InChI is InChI=1S/C34H57BFN5O9/c36-27-24-25(18-19-26(27)35(49)50)32(44)39-23-14-11-9-7-5-3-1-2-4-6-8-10-12-17-31(43)40-28(33(45)46)20-21-30(42)38-22-15-13-16-29(41-37)34(47)48/h18-19,24,28-29,41,49-50H,1-17,20-23,37H2,(H,38,42)(H,39,44)(H,40,43)(H,45,46)(H,47,48)/t28-,29-/m0/s1. The lowest BCUT2D eigenvalue weighted by atomic mass is 9.79. The number of halogens is 1. The topological polar surface area (TPSA) is 240 Å². The number of carboxylic acids is 2. The van der Waals surface area contributed by atoms with E-state index in [1.165, 1.54) is 25.0 Å². The first-order chi connectivity index (χ1) is 24.0. The van der Waals surface area contributed by atoms with E-state index in [0.717, 1.165) is 70.3 Å². The number of hydrogen-bond donors (Lipinski definition) is 9. The zero-order valence-corrected chi connectivity index (χ0v) is 29.1. The maximum absolute atomic E-state index is 13.8. The molecule has 1 aromatic carbocycles. The van der Waals surface area contributed by atoms with Gasteiger partial charge in [-0.05, 0) is 50.7 Å². The minimum atomic E-state index is -1.92. The van der Waals surface area contributed by atoms with Crippen molar-refractivity contribution in [3.05, 3.63) is 29.6 Å². The van der Waals surface area contributed by atoms with Crippen molar-refractivity contribution in [2.75, 3.05) is 13.1 Å². The van der Waals surface area contributed by atoms with E-state index in [-0.39, 0.29) is 42.1 Å². The van der Waals surface area contributed by atoms with Crippen molar-refractivity contribution in [1.29, 1.82) is 0 Å². The van der Waals surface area contributed by atoms with Crippen LogP contribution in [-0.2, 0) is 19.2 Å². The molecule has 0 spiro atoms. The number of benzene rings is 1. The Morgan fingerprint density at radius 1 is 0.660 bits per heavy atom. The number of carbonyl (C=O) groups is 5. The van der Waals surface area contributed by atoms with E-state index in [4.69, 9.17) is 21.0 Å². The summed E-state index contributed by atoms with van der Waals surface area (Å²) in [5.41, 5.74) is 2.08. The fourth-order valence-electron chi connectivity index (χ4n) is 5.40. The van der Waals surface area contributed by atoms with E-state index in [0.29, 0.717) is 38.8 Å². The zero-order valence-electron chi connectivity index (χ0n) is 29.1. The molecule has 282 valence electrons. The van der Waals surface area contributed by atoms with E-state index in [2.05, 4.69) is 21.4 Å². The van der Waals surface area contributed by atoms with Crippen LogP contribution in [0.25, 0.3) is 0 Å². The smallest absolute Gasteiger partial charge is 0.480 e. The second-order valence-corrected chi connectivity index (χ2v) is 12.6. The molecule has 0 aromatic heterocycles. The van der Waals surface area contributed by atoms with Crippen molar-refractivity contribution >= 4 is 42.2 Å². The minimum Gasteiger partial charge on any atom is -0.480 e. The van der Waals surface area contributed by atoms with Gasteiger partial charge in [0.05, 0.1) is 0 Å². The number of carbonyl (C=O) groups excluding carboxylic acids is 3. The largest absolute Gasteiger partial charge is 0.491 e. The summed E-state index contributed by atoms with van der Waals surface area (Å²) in [6.07, 6.45) is 15.1. The summed E-state index contributed by atoms with van der Waals surface area (Å²) in [4.78, 5) is 58.9. The number of amides is 3. The molecule has 0 fully saturated rings. The number of hydrazine groups is 1. The Kier molecular flexibility index (Phi) is 24.1. The Hall–Kier alpha value is -3.60. The lowest BCUT2D eigenvalue weighted by Gasteiger charge is -2.14. The van der Waals surface area contributed by atoms with Crippen LogP contribution in [0.3, 0.4) is 0 Å². The maximum atomic E-state index is 13.8. The quantitative estimate of drug-likeness (QED) is 0.0243. The van der Waals surface area contributed by atoms with Crippen LogP contribution in [0.15, 0.2) is 18.2 Å². The molecule has 0 aliphatic heterocycles. The van der Waals surface area contributed by atoms with Crippen LogP contribution < -0.4 is 32.7 Å². The van der Waals surface area contributed by atoms with Gasteiger partial charge in [0.1, 0.15) is 17.9 Å². The molecule has 0 heterocycles. The highest BCUT2D eigenvalue weighted by atomic mass is 19.1. The molecule has 0 radical (unpaired) electrons. The Bertz CT molecular complexity index is 1180. The summed E-state index contributed by atoms with van der Waals surface area (Å²) in [6, 6.07) is 1.56. The average Bonchev–Trinajstić information content (AvgIpc) is 3.07. The molecular weight excluding hydrogens is 652 g/mol. The van der Waals surface area contributed by atoms with E-state index >= 15 is 0 Å². The van der Waals surface area contributed by atoms with Crippen LogP contribution in [0.5, 0.6) is 0 Å². The molecule has 1 aromatic rings. The minimum absolute atomic E-state index is 0.0215. The third kappa shape index (κ3) is 20.8. The second-order valence-electron chi connectivity index (χ2n) is 12.6. The normalized spacial score (nSPS) is 12.2. The van der Waals surface area contributed by atoms with Gasteiger partial charge in [0.2, 0.25) is 11.8 Å². The number of nitrogens with one attached hydrogen (secondary N) is 4. The summed E-state index contributed by atoms with van der Waals surface area (Å²) in [5.74, 6) is 1.04. The van der Waals surface area contributed by atoms with Gasteiger partial charge in [-0.25, -0.2) is 14.6 Å². The van der Waals surface area contributed by atoms with Crippen molar-refractivity contribution in [2.24, 2.45) is 5.84 Å². The molecule has 0 saturated carbocycles. The fourth-order valence-corrected chi connectivity index (χ4v) is 5.40. The van der Waals surface area contributed by atoms with Gasteiger partial charge in [-0.3, -0.25) is 25.0 Å². The number of nitrogens with two attached hydrogens (primary N) is 1. The lowest BCUT2D eigenvalue weighted by Crippen LogP contribution is -2.41. The SMILES string of the molecule is NN[C@@H](CCCCNC(=O)CC[C@H](NC(=O)CCCCCCCCCCCCCCCNC(=O)c1ccc(B(O)O)c(F)c1)C(=O)O)C(=O)O. The third-order valence-electron chi connectivity index (χ3n) is 8.44. The predicted octanol–water partition coefficient (Wildman–Crippen LogP) is 2.25. The zero-order chi connectivity index (χ0) is 37.1. The highest BCUT2D eigenvalue weighted by molar-refractivity contribution is 6.58. The van der Waals surface area contributed by atoms with E-state index in [1.54, 1.807) is 0 Å². The Labute approximate surface area is 294 Å². The number of aliphatic carboxylic acids is 2. The Morgan fingerprint density at radius 2 is 1.18 bits per heavy atom. The molecule has 16 heteroatoms. The third-order valence-corrected chi connectivity index (χ3v) is 8.44. The molecule has 0 aliphatic rings. The molecule has 14 nitrogen and oxygen atoms in total. The number of rotatable bonds is 30. The van der Waals surface area contributed by atoms with Crippen molar-refractivity contribution in [3.63, 3.8) is 0 Å². The summed E-state index contributed by atoms with van der Waals surface area (Å²) >= 11 is 0. The van der Waals surface area contributed by atoms with Crippen molar-refractivity contribution in [3.8, 4) is 0 Å². The van der Waals surface area contributed by atoms with Crippen molar-refractivity contribution in [2.45, 2.75) is 134 Å². The van der Waals surface area contributed by atoms with Gasteiger partial charge in [0, 0.05) is 37.0 Å². The monoisotopic (exact) mass is 709 g/mol. The van der Waals surface area contributed by atoms with E-state index in [9.17, 15) is 33.5 Å². The number of carboxylic acid groups (broad SMARTS) is 2.